The molecule has 0 aromatic heterocycles. The molecule has 2 rings (SSSR count). The number of benzene rings is 1. The minimum Gasteiger partial charge on any atom is -0.493 e. The lowest BCUT2D eigenvalue weighted by atomic mass is 10.1. The van der Waals surface area contributed by atoms with Crippen molar-refractivity contribution >= 4 is 5.91 Å². The van der Waals surface area contributed by atoms with Crippen LogP contribution in [0.3, 0.4) is 0 Å². The summed E-state index contributed by atoms with van der Waals surface area (Å²) < 4.78 is 5.81. The largest absolute Gasteiger partial charge is 0.493 e. The number of para-hydroxylation sites is 1. The Morgan fingerprint density at radius 3 is 2.68 bits per heavy atom. The highest BCUT2D eigenvalue weighted by Gasteiger charge is 2.22. The highest BCUT2D eigenvalue weighted by molar-refractivity contribution is 5.73. The molecule has 0 radical (unpaired) electrons. The van der Waals surface area contributed by atoms with Crippen molar-refractivity contribution in [2.75, 3.05) is 39.8 Å². The van der Waals surface area contributed by atoms with E-state index in [0.717, 1.165) is 31.9 Å². The first-order valence-electron chi connectivity index (χ1n) is 6.77. The summed E-state index contributed by atoms with van der Waals surface area (Å²) in [6.45, 7) is 5.79. The summed E-state index contributed by atoms with van der Waals surface area (Å²) >= 11 is 0. The maximum absolute atomic E-state index is 11.5. The first kappa shape index (κ1) is 13.9. The minimum atomic E-state index is 0.153. The molecule has 19 heavy (non-hydrogen) atoms. The Bertz CT molecular complexity index is 408. The molecule has 0 saturated carbocycles. The molecule has 104 valence electrons. The van der Waals surface area contributed by atoms with Crippen molar-refractivity contribution in [2.45, 2.75) is 6.92 Å². The van der Waals surface area contributed by atoms with Gasteiger partial charge in [-0.3, -0.25) is 4.79 Å². The molecule has 0 N–H and O–H groups in total. The number of amides is 1. The summed E-state index contributed by atoms with van der Waals surface area (Å²) in [5, 5.41) is 0. The van der Waals surface area contributed by atoms with Crippen molar-refractivity contribution in [3.63, 3.8) is 0 Å². The Kier molecular flexibility index (Phi) is 4.80. The average Bonchev–Trinajstić information content (AvgIpc) is 2.59. The lowest BCUT2D eigenvalue weighted by molar-refractivity contribution is -0.129. The Morgan fingerprint density at radius 2 is 2.00 bits per heavy atom. The van der Waals surface area contributed by atoms with E-state index in [1.165, 1.54) is 0 Å². The highest BCUT2D eigenvalue weighted by atomic mass is 16.5. The minimum absolute atomic E-state index is 0.153. The smallest absolute Gasteiger partial charge is 0.219 e. The monoisotopic (exact) mass is 262 g/mol. The molecule has 0 spiro atoms. The quantitative estimate of drug-likeness (QED) is 0.827. The fraction of sp³-hybridized carbons (Fsp3) is 0.533. The molecule has 0 bridgehead atoms. The molecular weight excluding hydrogens is 240 g/mol. The van der Waals surface area contributed by atoms with Crippen LogP contribution in [-0.2, 0) is 4.79 Å². The first-order valence-corrected chi connectivity index (χ1v) is 6.77. The molecular formula is C15H22N2O2. The molecule has 1 aliphatic heterocycles. The van der Waals surface area contributed by atoms with Gasteiger partial charge in [0.25, 0.3) is 0 Å². The molecule has 4 heteroatoms. The highest BCUT2D eigenvalue weighted by Crippen LogP contribution is 2.13. The molecule has 0 aliphatic carbocycles. The van der Waals surface area contributed by atoms with Crippen molar-refractivity contribution in [2.24, 2.45) is 5.92 Å². The van der Waals surface area contributed by atoms with Crippen LogP contribution in [0, 0.1) is 5.92 Å². The number of likely N-dealkylation sites (N-methyl/N-ethyl adjacent to an activating group) is 1. The van der Waals surface area contributed by atoms with Crippen LogP contribution in [0.1, 0.15) is 6.92 Å². The molecule has 1 saturated heterocycles. The van der Waals surface area contributed by atoms with Crippen LogP contribution in [-0.4, -0.2) is 55.5 Å². The number of carbonyl (C=O) groups excluding carboxylic acids is 1. The number of hydrogen-bond donors (Lipinski definition) is 0. The van der Waals surface area contributed by atoms with Gasteiger partial charge in [-0.25, -0.2) is 0 Å². The third-order valence-electron chi connectivity index (χ3n) is 3.47. The Morgan fingerprint density at radius 1 is 1.26 bits per heavy atom. The predicted molar refractivity (Wildman–Crippen MR) is 75.2 cm³/mol. The Balaban J connectivity index is 1.91. The lowest BCUT2D eigenvalue weighted by Gasteiger charge is -2.23. The first-order chi connectivity index (χ1) is 9.15. The van der Waals surface area contributed by atoms with Crippen LogP contribution in [0.2, 0.25) is 0 Å². The Hall–Kier alpha value is -1.55. The van der Waals surface area contributed by atoms with E-state index < -0.39 is 0 Å². The average molecular weight is 262 g/mol. The van der Waals surface area contributed by atoms with Crippen molar-refractivity contribution in [3.05, 3.63) is 30.3 Å². The summed E-state index contributed by atoms with van der Waals surface area (Å²) in [7, 11) is 2.10. The third kappa shape index (κ3) is 4.24. The number of ether oxygens (including phenoxy) is 1. The lowest BCUT2D eigenvalue weighted by Crippen LogP contribution is -2.35. The van der Waals surface area contributed by atoms with E-state index >= 15 is 0 Å². The molecule has 1 atom stereocenters. The zero-order valence-electron chi connectivity index (χ0n) is 11.7. The van der Waals surface area contributed by atoms with Crippen LogP contribution in [0.4, 0.5) is 0 Å². The van der Waals surface area contributed by atoms with Gasteiger partial charge >= 0.3 is 0 Å². The molecule has 1 heterocycles. The summed E-state index contributed by atoms with van der Waals surface area (Å²) in [5.41, 5.74) is 0. The standard InChI is InChI=1S/C15H22N2O2/c1-13(18)17-9-8-16(2)10-14(11-17)12-19-15-6-4-3-5-7-15/h3-7,14H,8-12H2,1-2H3. The molecule has 1 aromatic rings. The SMILES string of the molecule is CC(=O)N1CCN(C)CC(COc2ccccc2)C1. The predicted octanol–water partition coefficient (Wildman–Crippen LogP) is 1.48. The number of hydrogen-bond acceptors (Lipinski definition) is 3. The molecule has 1 unspecified atom stereocenters. The van der Waals surface area contributed by atoms with E-state index in [1.807, 2.05) is 35.2 Å². The van der Waals surface area contributed by atoms with Gasteiger partial charge in [0.05, 0.1) is 6.61 Å². The van der Waals surface area contributed by atoms with Crippen LogP contribution in [0.5, 0.6) is 5.75 Å². The number of carbonyl (C=O) groups is 1. The van der Waals surface area contributed by atoms with Crippen LogP contribution in [0.15, 0.2) is 30.3 Å². The molecule has 1 amide bonds. The van der Waals surface area contributed by atoms with Gasteiger partial charge in [0.2, 0.25) is 5.91 Å². The normalized spacial score (nSPS) is 20.9. The van der Waals surface area contributed by atoms with Gasteiger partial charge < -0.3 is 14.5 Å². The topological polar surface area (TPSA) is 32.8 Å². The van der Waals surface area contributed by atoms with E-state index in [0.29, 0.717) is 12.5 Å². The fourth-order valence-electron chi connectivity index (χ4n) is 2.41. The van der Waals surface area contributed by atoms with Gasteiger partial charge in [0.15, 0.2) is 0 Å². The van der Waals surface area contributed by atoms with Crippen molar-refractivity contribution in [1.29, 1.82) is 0 Å². The van der Waals surface area contributed by atoms with Gasteiger partial charge in [-0.15, -0.1) is 0 Å². The maximum atomic E-state index is 11.5. The van der Waals surface area contributed by atoms with Gasteiger partial charge in [-0.05, 0) is 19.2 Å². The second-order valence-electron chi connectivity index (χ2n) is 5.22. The van der Waals surface area contributed by atoms with E-state index in [-0.39, 0.29) is 5.91 Å². The Labute approximate surface area is 115 Å². The summed E-state index contributed by atoms with van der Waals surface area (Å²) in [6.07, 6.45) is 0. The summed E-state index contributed by atoms with van der Waals surface area (Å²) in [4.78, 5) is 15.7. The number of rotatable bonds is 3. The van der Waals surface area contributed by atoms with E-state index in [1.54, 1.807) is 6.92 Å². The molecule has 1 aliphatic rings. The van der Waals surface area contributed by atoms with Crippen molar-refractivity contribution in [3.8, 4) is 5.75 Å². The van der Waals surface area contributed by atoms with Crippen molar-refractivity contribution in [1.82, 2.24) is 9.80 Å². The number of nitrogens with zero attached hydrogens (tertiary/aromatic N) is 2. The van der Waals surface area contributed by atoms with Crippen LogP contribution in [0.25, 0.3) is 0 Å². The molecule has 1 fully saturated rings. The van der Waals surface area contributed by atoms with Gasteiger partial charge in [0.1, 0.15) is 5.75 Å². The second-order valence-corrected chi connectivity index (χ2v) is 5.22. The van der Waals surface area contributed by atoms with Crippen LogP contribution < -0.4 is 4.74 Å². The molecule has 1 aromatic carbocycles. The zero-order valence-corrected chi connectivity index (χ0v) is 11.7. The van der Waals surface area contributed by atoms with E-state index in [2.05, 4.69) is 11.9 Å². The van der Waals surface area contributed by atoms with Gasteiger partial charge in [0, 0.05) is 39.0 Å². The maximum Gasteiger partial charge on any atom is 0.219 e. The molecule has 4 nitrogen and oxygen atoms in total. The van der Waals surface area contributed by atoms with E-state index in [9.17, 15) is 4.79 Å². The third-order valence-corrected chi connectivity index (χ3v) is 3.47. The summed E-state index contributed by atoms with van der Waals surface area (Å²) in [5.74, 6) is 1.40. The van der Waals surface area contributed by atoms with Gasteiger partial charge in [-0.2, -0.15) is 0 Å². The van der Waals surface area contributed by atoms with Crippen LogP contribution >= 0.6 is 0 Å². The van der Waals surface area contributed by atoms with Gasteiger partial charge in [-0.1, -0.05) is 18.2 Å². The summed E-state index contributed by atoms with van der Waals surface area (Å²) in [6, 6.07) is 9.84. The second kappa shape index (κ2) is 6.57. The van der Waals surface area contributed by atoms with E-state index in [4.69, 9.17) is 4.74 Å². The fourth-order valence-corrected chi connectivity index (χ4v) is 2.41. The zero-order chi connectivity index (χ0) is 13.7. The van der Waals surface area contributed by atoms with Crippen molar-refractivity contribution < 1.29 is 9.53 Å².